The van der Waals surface area contributed by atoms with Crippen molar-refractivity contribution < 1.29 is 0 Å². The second-order valence-electron chi connectivity index (χ2n) is 7.58. The summed E-state index contributed by atoms with van der Waals surface area (Å²) in [6, 6.07) is 2.22. The molecule has 28 heavy (non-hydrogen) atoms. The third kappa shape index (κ3) is 2.90. The molecule has 8 nitrogen and oxygen atoms in total. The minimum absolute atomic E-state index is 0.246. The average Bonchev–Trinajstić information content (AvgIpc) is 3.49. The lowest BCUT2D eigenvalue weighted by atomic mass is 9.98. The number of imidazole rings is 1. The molecule has 1 aliphatic rings. The van der Waals surface area contributed by atoms with Gasteiger partial charge in [-0.1, -0.05) is 12.8 Å². The SMILES string of the molecule is Cn1cc(-c2cc3nccn3c(-c3cnn(C(CN)C4CCCC4)c3)n2)cn1. The first kappa shape index (κ1) is 17.1. The summed E-state index contributed by atoms with van der Waals surface area (Å²) in [6.45, 7) is 0.607. The summed E-state index contributed by atoms with van der Waals surface area (Å²) in [4.78, 5) is 9.38. The molecule has 0 aromatic carbocycles. The molecular weight excluding hydrogens is 352 g/mol. The van der Waals surface area contributed by atoms with Gasteiger partial charge >= 0.3 is 0 Å². The third-order valence-corrected chi connectivity index (χ3v) is 5.78. The molecular formula is C20H24N8. The Bertz CT molecular complexity index is 1100. The van der Waals surface area contributed by atoms with Gasteiger partial charge < -0.3 is 5.73 Å². The highest BCUT2D eigenvalue weighted by atomic mass is 15.3. The first-order valence-corrected chi connectivity index (χ1v) is 9.80. The quantitative estimate of drug-likeness (QED) is 0.578. The molecule has 1 unspecified atom stereocenters. The Morgan fingerprint density at radius 3 is 2.71 bits per heavy atom. The number of hydrogen-bond donors (Lipinski definition) is 1. The lowest BCUT2D eigenvalue weighted by molar-refractivity contribution is 0.317. The normalized spacial score (nSPS) is 16.2. The van der Waals surface area contributed by atoms with Crippen molar-refractivity contribution >= 4 is 5.65 Å². The van der Waals surface area contributed by atoms with E-state index in [1.54, 1.807) is 10.9 Å². The minimum Gasteiger partial charge on any atom is -0.328 e. The number of aryl methyl sites for hydroxylation is 1. The van der Waals surface area contributed by atoms with Crippen molar-refractivity contribution in [3.63, 3.8) is 0 Å². The molecule has 1 aliphatic carbocycles. The van der Waals surface area contributed by atoms with Crippen LogP contribution in [0.3, 0.4) is 0 Å². The van der Waals surface area contributed by atoms with Crippen molar-refractivity contribution in [2.75, 3.05) is 6.54 Å². The van der Waals surface area contributed by atoms with Gasteiger partial charge in [-0.3, -0.25) is 13.8 Å². The van der Waals surface area contributed by atoms with E-state index in [1.807, 2.05) is 47.0 Å². The lowest BCUT2D eigenvalue weighted by Crippen LogP contribution is -2.26. The molecule has 0 spiro atoms. The van der Waals surface area contributed by atoms with Crippen LogP contribution in [0.2, 0.25) is 0 Å². The molecule has 0 radical (unpaired) electrons. The van der Waals surface area contributed by atoms with E-state index in [0.717, 1.165) is 28.3 Å². The third-order valence-electron chi connectivity index (χ3n) is 5.78. The second kappa shape index (κ2) is 6.87. The van der Waals surface area contributed by atoms with Crippen LogP contribution in [0.4, 0.5) is 0 Å². The highest BCUT2D eigenvalue weighted by molar-refractivity contribution is 5.68. The van der Waals surface area contributed by atoms with E-state index in [4.69, 9.17) is 10.7 Å². The summed E-state index contributed by atoms with van der Waals surface area (Å²) >= 11 is 0. The van der Waals surface area contributed by atoms with Gasteiger partial charge in [0.2, 0.25) is 0 Å². The summed E-state index contributed by atoms with van der Waals surface area (Å²) in [5.74, 6) is 1.43. The van der Waals surface area contributed by atoms with Gasteiger partial charge in [0.25, 0.3) is 0 Å². The number of nitrogens with zero attached hydrogens (tertiary/aromatic N) is 7. The molecule has 2 N–H and O–H groups in total. The molecule has 8 heteroatoms. The van der Waals surface area contributed by atoms with Gasteiger partial charge in [-0.2, -0.15) is 10.2 Å². The van der Waals surface area contributed by atoms with E-state index in [9.17, 15) is 0 Å². The number of hydrogen-bond acceptors (Lipinski definition) is 5. The van der Waals surface area contributed by atoms with E-state index in [0.29, 0.717) is 12.5 Å². The summed E-state index contributed by atoms with van der Waals surface area (Å²) in [6.07, 6.45) is 16.5. The van der Waals surface area contributed by atoms with Crippen LogP contribution in [0.5, 0.6) is 0 Å². The van der Waals surface area contributed by atoms with Crippen molar-refractivity contribution in [1.29, 1.82) is 0 Å². The topological polar surface area (TPSA) is 91.9 Å². The van der Waals surface area contributed by atoms with Gasteiger partial charge in [-0.05, 0) is 18.8 Å². The number of fused-ring (bicyclic) bond motifs is 1. The highest BCUT2D eigenvalue weighted by Crippen LogP contribution is 2.34. The van der Waals surface area contributed by atoms with Crippen LogP contribution in [-0.4, -0.2) is 40.5 Å². The van der Waals surface area contributed by atoms with E-state index >= 15 is 0 Å². The van der Waals surface area contributed by atoms with Crippen LogP contribution < -0.4 is 5.73 Å². The molecule has 0 amide bonds. The molecule has 4 aromatic rings. The zero-order valence-electron chi connectivity index (χ0n) is 15.9. The maximum absolute atomic E-state index is 6.11. The molecule has 0 bridgehead atoms. The molecule has 5 rings (SSSR count). The Hall–Kier alpha value is -3.00. The van der Waals surface area contributed by atoms with Crippen LogP contribution >= 0.6 is 0 Å². The smallest absolute Gasteiger partial charge is 0.149 e. The maximum Gasteiger partial charge on any atom is 0.149 e. The monoisotopic (exact) mass is 376 g/mol. The largest absolute Gasteiger partial charge is 0.328 e. The average molecular weight is 376 g/mol. The molecule has 1 atom stereocenters. The van der Waals surface area contributed by atoms with Crippen molar-refractivity contribution in [2.45, 2.75) is 31.7 Å². The Morgan fingerprint density at radius 2 is 1.96 bits per heavy atom. The van der Waals surface area contributed by atoms with Crippen LogP contribution in [0.15, 0.2) is 43.2 Å². The van der Waals surface area contributed by atoms with Crippen molar-refractivity contribution in [1.82, 2.24) is 33.9 Å². The number of aromatic nitrogens is 7. The van der Waals surface area contributed by atoms with Crippen molar-refractivity contribution in [3.8, 4) is 22.6 Å². The molecule has 0 saturated heterocycles. The van der Waals surface area contributed by atoms with Crippen LogP contribution in [0, 0.1) is 5.92 Å². The molecule has 4 heterocycles. The molecule has 144 valence electrons. The first-order chi connectivity index (χ1) is 13.7. The lowest BCUT2D eigenvalue weighted by Gasteiger charge is -2.22. The minimum atomic E-state index is 0.246. The fourth-order valence-electron chi connectivity index (χ4n) is 4.32. The zero-order chi connectivity index (χ0) is 19.1. The van der Waals surface area contributed by atoms with E-state index in [-0.39, 0.29) is 6.04 Å². The van der Waals surface area contributed by atoms with Crippen LogP contribution in [-0.2, 0) is 7.05 Å². The molecule has 1 fully saturated rings. The van der Waals surface area contributed by atoms with Gasteiger partial charge in [0.05, 0.1) is 29.7 Å². The van der Waals surface area contributed by atoms with Gasteiger partial charge in [0, 0.05) is 50.0 Å². The fourth-order valence-corrected chi connectivity index (χ4v) is 4.32. The molecule has 0 aliphatic heterocycles. The van der Waals surface area contributed by atoms with Gasteiger partial charge in [-0.15, -0.1) is 0 Å². The predicted molar refractivity (Wildman–Crippen MR) is 106 cm³/mol. The second-order valence-corrected chi connectivity index (χ2v) is 7.58. The van der Waals surface area contributed by atoms with Crippen molar-refractivity contribution in [3.05, 3.63) is 43.2 Å². The van der Waals surface area contributed by atoms with Crippen molar-refractivity contribution in [2.24, 2.45) is 18.7 Å². The Labute approximate surface area is 163 Å². The fraction of sp³-hybridized carbons (Fsp3) is 0.400. The van der Waals surface area contributed by atoms with Crippen LogP contribution in [0.25, 0.3) is 28.3 Å². The highest BCUT2D eigenvalue weighted by Gasteiger charge is 2.26. The Balaban J connectivity index is 1.57. The molecule has 4 aromatic heterocycles. The summed E-state index contributed by atoms with van der Waals surface area (Å²) in [7, 11) is 1.90. The van der Waals surface area contributed by atoms with Gasteiger partial charge in [0.1, 0.15) is 11.5 Å². The maximum atomic E-state index is 6.11. The van der Waals surface area contributed by atoms with Gasteiger partial charge in [-0.25, -0.2) is 9.97 Å². The zero-order valence-corrected chi connectivity index (χ0v) is 15.9. The number of nitrogens with two attached hydrogens (primary N) is 1. The number of rotatable bonds is 5. The Kier molecular flexibility index (Phi) is 4.20. The summed E-state index contributed by atoms with van der Waals surface area (Å²) in [5, 5.41) is 8.92. The van der Waals surface area contributed by atoms with E-state index in [1.165, 1.54) is 25.7 Å². The standard InChI is InChI=1S/C20H24N8/c1-26-12-15(10-23-26)17-8-19-22-6-7-27(19)20(25-17)16-11-24-28(13-16)18(9-21)14-4-2-3-5-14/h6-8,10-14,18H,2-5,9,21H2,1H3. The van der Waals surface area contributed by atoms with E-state index in [2.05, 4.69) is 21.4 Å². The molecule has 1 saturated carbocycles. The van der Waals surface area contributed by atoms with Gasteiger partial charge in [0.15, 0.2) is 0 Å². The van der Waals surface area contributed by atoms with E-state index < -0.39 is 0 Å². The summed E-state index contributed by atoms with van der Waals surface area (Å²) < 4.78 is 5.80. The first-order valence-electron chi connectivity index (χ1n) is 9.80. The Morgan fingerprint density at radius 1 is 1.14 bits per heavy atom. The van der Waals surface area contributed by atoms with Crippen LogP contribution in [0.1, 0.15) is 31.7 Å². The summed E-state index contributed by atoms with van der Waals surface area (Å²) in [5.41, 5.74) is 9.73. The predicted octanol–water partition coefficient (Wildman–Crippen LogP) is 2.68.